The second-order valence-electron chi connectivity index (χ2n) is 4.47. The molecule has 1 heterocycles. The van der Waals surface area contributed by atoms with Gasteiger partial charge in [-0.2, -0.15) is 0 Å². The average Bonchev–Trinajstić information content (AvgIpc) is 2.42. The van der Waals surface area contributed by atoms with E-state index < -0.39 is 0 Å². The van der Waals surface area contributed by atoms with Crippen LogP contribution in [0.25, 0.3) is 0 Å². The maximum Gasteiger partial charge on any atom is 0.234 e. The fourth-order valence-corrected chi connectivity index (χ4v) is 1.85. The summed E-state index contributed by atoms with van der Waals surface area (Å²) < 4.78 is 10.2. The van der Waals surface area contributed by atoms with E-state index in [1.165, 1.54) is 0 Å². The highest BCUT2D eigenvalue weighted by molar-refractivity contribution is 5.77. The van der Waals surface area contributed by atoms with Crippen molar-refractivity contribution in [1.82, 2.24) is 15.5 Å². The molecule has 0 radical (unpaired) electrons. The number of carbonyl (C=O) groups excluding carboxylic acids is 1. The first-order chi connectivity index (χ1) is 8.74. The molecule has 6 nitrogen and oxygen atoms in total. The number of nitrogens with zero attached hydrogens (tertiary/aromatic N) is 1. The summed E-state index contributed by atoms with van der Waals surface area (Å²) in [6, 6.07) is 0.358. The molecule has 0 bridgehead atoms. The lowest BCUT2D eigenvalue weighted by Crippen LogP contribution is -2.48. The number of amides is 1. The van der Waals surface area contributed by atoms with Gasteiger partial charge >= 0.3 is 0 Å². The molecule has 1 aliphatic rings. The molecule has 1 aliphatic heterocycles. The quantitative estimate of drug-likeness (QED) is 0.551. The minimum absolute atomic E-state index is 0.0335. The van der Waals surface area contributed by atoms with Gasteiger partial charge in [0.2, 0.25) is 5.91 Å². The van der Waals surface area contributed by atoms with Crippen LogP contribution in [0.5, 0.6) is 0 Å². The van der Waals surface area contributed by atoms with Crippen molar-refractivity contribution >= 4 is 5.91 Å². The molecule has 1 amide bonds. The SMILES string of the molecule is COCCNCC(=O)NCC(C)N1CCOCC1. The smallest absolute Gasteiger partial charge is 0.234 e. The van der Waals surface area contributed by atoms with Crippen molar-refractivity contribution in [3.8, 4) is 0 Å². The van der Waals surface area contributed by atoms with Crippen molar-refractivity contribution in [2.24, 2.45) is 0 Å². The first-order valence-corrected chi connectivity index (χ1v) is 6.52. The van der Waals surface area contributed by atoms with Crippen LogP contribution in [0.2, 0.25) is 0 Å². The Balaban J connectivity index is 2.05. The van der Waals surface area contributed by atoms with Crippen molar-refractivity contribution in [3.05, 3.63) is 0 Å². The fraction of sp³-hybridized carbons (Fsp3) is 0.917. The van der Waals surface area contributed by atoms with Gasteiger partial charge in [-0.15, -0.1) is 0 Å². The van der Waals surface area contributed by atoms with Gasteiger partial charge in [0.1, 0.15) is 0 Å². The van der Waals surface area contributed by atoms with Gasteiger partial charge in [0.05, 0.1) is 26.4 Å². The van der Waals surface area contributed by atoms with Crippen LogP contribution in [0, 0.1) is 0 Å². The number of hydrogen-bond donors (Lipinski definition) is 2. The Morgan fingerprint density at radius 2 is 2.17 bits per heavy atom. The van der Waals surface area contributed by atoms with Gasteiger partial charge in [-0.05, 0) is 6.92 Å². The van der Waals surface area contributed by atoms with Gasteiger partial charge in [0.25, 0.3) is 0 Å². The number of carbonyl (C=O) groups is 1. The van der Waals surface area contributed by atoms with Crippen molar-refractivity contribution in [2.75, 3.05) is 59.7 Å². The van der Waals surface area contributed by atoms with Gasteiger partial charge in [-0.3, -0.25) is 9.69 Å². The Morgan fingerprint density at radius 1 is 1.44 bits per heavy atom. The number of rotatable bonds is 8. The van der Waals surface area contributed by atoms with Gasteiger partial charge in [0, 0.05) is 39.3 Å². The minimum Gasteiger partial charge on any atom is -0.383 e. The highest BCUT2D eigenvalue weighted by atomic mass is 16.5. The largest absolute Gasteiger partial charge is 0.383 e. The summed E-state index contributed by atoms with van der Waals surface area (Å²) in [5.41, 5.74) is 0. The molecule has 106 valence electrons. The van der Waals surface area contributed by atoms with Crippen LogP contribution in [0.4, 0.5) is 0 Å². The molecule has 2 N–H and O–H groups in total. The summed E-state index contributed by atoms with van der Waals surface area (Å²) in [6.07, 6.45) is 0. The van der Waals surface area contributed by atoms with E-state index in [0.29, 0.717) is 32.3 Å². The summed E-state index contributed by atoms with van der Waals surface area (Å²) in [5, 5.41) is 5.95. The zero-order valence-corrected chi connectivity index (χ0v) is 11.4. The van der Waals surface area contributed by atoms with Gasteiger partial charge < -0.3 is 20.1 Å². The van der Waals surface area contributed by atoms with Crippen LogP contribution in [0.3, 0.4) is 0 Å². The van der Waals surface area contributed by atoms with Crippen LogP contribution >= 0.6 is 0 Å². The summed E-state index contributed by atoms with van der Waals surface area (Å²) in [4.78, 5) is 13.9. The van der Waals surface area contributed by atoms with Crippen LogP contribution in [-0.2, 0) is 14.3 Å². The first kappa shape index (κ1) is 15.4. The molecule has 6 heteroatoms. The summed E-state index contributed by atoms with van der Waals surface area (Å²) >= 11 is 0. The summed E-state index contributed by atoms with van der Waals surface area (Å²) in [6.45, 7) is 7.95. The highest BCUT2D eigenvalue weighted by Crippen LogP contribution is 2.02. The average molecular weight is 259 g/mol. The van der Waals surface area contributed by atoms with E-state index in [4.69, 9.17) is 9.47 Å². The van der Waals surface area contributed by atoms with Crippen LogP contribution in [0.1, 0.15) is 6.92 Å². The molecule has 0 aromatic rings. The van der Waals surface area contributed by atoms with Gasteiger partial charge in [-0.1, -0.05) is 0 Å². The number of methoxy groups -OCH3 is 1. The van der Waals surface area contributed by atoms with Crippen LogP contribution in [-0.4, -0.2) is 76.5 Å². The molecule has 1 rings (SSSR count). The first-order valence-electron chi connectivity index (χ1n) is 6.52. The minimum atomic E-state index is 0.0335. The Kier molecular flexibility index (Phi) is 7.91. The van der Waals surface area contributed by atoms with Crippen LogP contribution in [0.15, 0.2) is 0 Å². The third-order valence-corrected chi connectivity index (χ3v) is 3.03. The molecule has 0 saturated carbocycles. The van der Waals surface area contributed by atoms with Crippen molar-refractivity contribution in [3.63, 3.8) is 0 Å². The van der Waals surface area contributed by atoms with Crippen LogP contribution < -0.4 is 10.6 Å². The van der Waals surface area contributed by atoms with E-state index in [-0.39, 0.29) is 5.91 Å². The molecule has 0 aromatic heterocycles. The van der Waals surface area contributed by atoms with E-state index in [0.717, 1.165) is 26.3 Å². The van der Waals surface area contributed by atoms with Crippen molar-refractivity contribution in [2.45, 2.75) is 13.0 Å². The molecular weight excluding hydrogens is 234 g/mol. The standard InChI is InChI=1S/C12H25N3O3/c1-11(15-4-7-18-8-5-15)9-14-12(16)10-13-3-6-17-2/h11,13H,3-10H2,1-2H3,(H,14,16). The zero-order valence-electron chi connectivity index (χ0n) is 11.4. The Morgan fingerprint density at radius 3 is 2.83 bits per heavy atom. The number of hydrogen-bond acceptors (Lipinski definition) is 5. The molecule has 1 unspecified atom stereocenters. The molecule has 0 spiro atoms. The predicted octanol–water partition coefficient (Wildman–Crippen LogP) is -0.941. The Hall–Kier alpha value is -0.690. The maximum atomic E-state index is 11.5. The fourth-order valence-electron chi connectivity index (χ4n) is 1.85. The van der Waals surface area contributed by atoms with E-state index in [9.17, 15) is 4.79 Å². The normalized spacial score (nSPS) is 18.6. The molecule has 1 atom stereocenters. The third kappa shape index (κ3) is 6.30. The molecule has 1 saturated heterocycles. The molecule has 0 aromatic carbocycles. The number of ether oxygens (including phenoxy) is 2. The lowest BCUT2D eigenvalue weighted by molar-refractivity contribution is -0.120. The summed E-state index contributed by atoms with van der Waals surface area (Å²) in [7, 11) is 1.64. The second kappa shape index (κ2) is 9.27. The highest BCUT2D eigenvalue weighted by Gasteiger charge is 2.17. The van der Waals surface area contributed by atoms with Crippen molar-refractivity contribution in [1.29, 1.82) is 0 Å². The van der Waals surface area contributed by atoms with Gasteiger partial charge in [0.15, 0.2) is 0 Å². The van der Waals surface area contributed by atoms with Gasteiger partial charge in [-0.25, -0.2) is 0 Å². The second-order valence-corrected chi connectivity index (χ2v) is 4.47. The molecule has 18 heavy (non-hydrogen) atoms. The zero-order chi connectivity index (χ0) is 13.2. The number of nitrogens with one attached hydrogen (secondary N) is 2. The van der Waals surface area contributed by atoms with E-state index in [2.05, 4.69) is 22.5 Å². The molecular formula is C12H25N3O3. The predicted molar refractivity (Wildman–Crippen MR) is 69.6 cm³/mol. The monoisotopic (exact) mass is 259 g/mol. The summed E-state index contributed by atoms with van der Waals surface area (Å²) in [5.74, 6) is 0.0335. The third-order valence-electron chi connectivity index (χ3n) is 3.03. The maximum absolute atomic E-state index is 11.5. The lowest BCUT2D eigenvalue weighted by atomic mass is 10.2. The topological polar surface area (TPSA) is 62.8 Å². The van der Waals surface area contributed by atoms with E-state index in [1.807, 2.05) is 0 Å². The van der Waals surface area contributed by atoms with Crippen molar-refractivity contribution < 1.29 is 14.3 Å². The Labute approximate surface area is 109 Å². The Bertz CT molecular complexity index is 233. The molecule has 0 aliphatic carbocycles. The van der Waals surface area contributed by atoms with E-state index in [1.54, 1.807) is 7.11 Å². The lowest BCUT2D eigenvalue weighted by Gasteiger charge is -2.32. The number of morpholine rings is 1. The molecule has 1 fully saturated rings. The van der Waals surface area contributed by atoms with E-state index >= 15 is 0 Å².